The van der Waals surface area contributed by atoms with Crippen molar-refractivity contribution in [2.75, 3.05) is 11.9 Å². The van der Waals surface area contributed by atoms with E-state index in [-0.39, 0.29) is 0 Å². The van der Waals surface area contributed by atoms with Crippen LogP contribution in [-0.4, -0.2) is 26.7 Å². The second-order valence-electron chi connectivity index (χ2n) is 7.60. The van der Waals surface area contributed by atoms with Crippen LogP contribution in [0.15, 0.2) is 42.9 Å². The minimum Gasteiger partial charge on any atom is -0.369 e. The summed E-state index contributed by atoms with van der Waals surface area (Å²) < 4.78 is 0. The third-order valence-corrected chi connectivity index (χ3v) is 6.04. The van der Waals surface area contributed by atoms with Crippen LogP contribution in [0.1, 0.15) is 24.1 Å². The van der Waals surface area contributed by atoms with Crippen LogP contribution < -0.4 is 5.32 Å². The zero-order valence-corrected chi connectivity index (χ0v) is 14.6. The van der Waals surface area contributed by atoms with E-state index in [1.165, 1.54) is 40.5 Å². The molecule has 1 saturated carbocycles. The molecular weight excluding hydrogens is 322 g/mol. The number of benzene rings is 1. The molecule has 3 aromatic heterocycles. The summed E-state index contributed by atoms with van der Waals surface area (Å²) in [4.78, 5) is 8.12. The summed E-state index contributed by atoms with van der Waals surface area (Å²) in [5, 5.41) is 11.9. The minimum atomic E-state index is 0.351. The number of aromatic nitrogens is 4. The first-order valence-electron chi connectivity index (χ1n) is 9.10. The van der Waals surface area contributed by atoms with Crippen LogP contribution in [0.2, 0.25) is 0 Å². The molecule has 5 heteroatoms. The number of anilines is 1. The molecule has 0 unspecified atom stereocenters. The summed E-state index contributed by atoms with van der Waals surface area (Å²) >= 11 is 0. The molecule has 1 aromatic carbocycles. The fourth-order valence-corrected chi connectivity index (χ4v) is 4.28. The van der Waals surface area contributed by atoms with Crippen molar-refractivity contribution in [2.45, 2.75) is 25.2 Å². The van der Waals surface area contributed by atoms with Gasteiger partial charge in [-0.2, -0.15) is 5.10 Å². The lowest BCUT2D eigenvalue weighted by atomic mass is 9.96. The van der Waals surface area contributed by atoms with Gasteiger partial charge in [0.25, 0.3) is 0 Å². The molecule has 2 aliphatic rings. The molecule has 26 heavy (non-hydrogen) atoms. The minimum absolute atomic E-state index is 0.351. The Kier molecular flexibility index (Phi) is 2.58. The predicted molar refractivity (Wildman–Crippen MR) is 103 cm³/mol. The molecule has 1 fully saturated rings. The highest BCUT2D eigenvalue weighted by Gasteiger charge is 2.49. The number of aromatic amines is 2. The first kappa shape index (κ1) is 14.1. The van der Waals surface area contributed by atoms with E-state index in [2.05, 4.69) is 51.0 Å². The lowest BCUT2D eigenvalue weighted by molar-refractivity contribution is 0.778. The Labute approximate surface area is 150 Å². The van der Waals surface area contributed by atoms with Gasteiger partial charge in [0.15, 0.2) is 0 Å². The van der Waals surface area contributed by atoms with Crippen molar-refractivity contribution in [2.24, 2.45) is 0 Å². The highest BCUT2D eigenvalue weighted by Crippen LogP contribution is 2.54. The van der Waals surface area contributed by atoms with Gasteiger partial charge in [-0.15, -0.1) is 0 Å². The van der Waals surface area contributed by atoms with Gasteiger partial charge in [-0.05, 0) is 43.5 Å². The van der Waals surface area contributed by atoms with Gasteiger partial charge < -0.3 is 10.3 Å². The second-order valence-corrected chi connectivity index (χ2v) is 7.60. The molecular formula is C21H19N5. The molecule has 4 aromatic rings. The van der Waals surface area contributed by atoms with E-state index in [0.29, 0.717) is 5.41 Å². The predicted octanol–water partition coefficient (Wildman–Crippen LogP) is 4.39. The van der Waals surface area contributed by atoms with E-state index in [4.69, 9.17) is 4.98 Å². The Hall–Kier alpha value is -3.08. The number of pyridine rings is 1. The number of nitrogens with zero attached hydrogens (tertiary/aromatic N) is 2. The number of hydrogen-bond donors (Lipinski definition) is 3. The lowest BCUT2D eigenvalue weighted by Crippen LogP contribution is -2.08. The Bertz CT molecular complexity index is 1160. The molecule has 6 rings (SSSR count). The Morgan fingerprint density at radius 2 is 1.96 bits per heavy atom. The molecule has 0 amide bonds. The van der Waals surface area contributed by atoms with E-state index in [9.17, 15) is 0 Å². The first-order valence-corrected chi connectivity index (χ1v) is 9.10. The summed E-state index contributed by atoms with van der Waals surface area (Å²) in [5.74, 6) is 1.07. The van der Waals surface area contributed by atoms with Gasteiger partial charge in [-0.25, -0.2) is 4.98 Å². The largest absolute Gasteiger partial charge is 0.369 e. The summed E-state index contributed by atoms with van der Waals surface area (Å²) in [7, 11) is 0. The lowest BCUT2D eigenvalue weighted by Gasteiger charge is -2.08. The van der Waals surface area contributed by atoms with Crippen molar-refractivity contribution in [3.8, 4) is 22.3 Å². The van der Waals surface area contributed by atoms with Crippen molar-refractivity contribution >= 4 is 16.7 Å². The third kappa shape index (κ3) is 1.85. The van der Waals surface area contributed by atoms with Crippen molar-refractivity contribution < 1.29 is 0 Å². The van der Waals surface area contributed by atoms with Gasteiger partial charge in [0.1, 0.15) is 5.82 Å². The summed E-state index contributed by atoms with van der Waals surface area (Å²) in [6.07, 6.45) is 8.60. The molecule has 5 nitrogen and oxygen atoms in total. The topological polar surface area (TPSA) is 69.4 Å². The standard InChI is InChI=1S/C21H19N5/c1-12-16(10-25-26-12)13-2-3-19-15(6-13)17(9-22-19)14-7-18-20(23-8-14)24-11-21(18)4-5-21/h2-3,6-10,22H,4-5,11H2,1H3,(H,23,24)(H,25,26). The SMILES string of the molecule is Cc1n[nH]cc1-c1ccc2[nH]cc(-c3cnc4c(c3)C3(CC3)CN4)c2c1. The van der Waals surface area contributed by atoms with E-state index < -0.39 is 0 Å². The van der Waals surface area contributed by atoms with E-state index in [1.807, 2.05) is 19.3 Å². The third-order valence-electron chi connectivity index (χ3n) is 6.04. The van der Waals surface area contributed by atoms with Gasteiger partial charge in [0.05, 0.1) is 5.69 Å². The average Bonchev–Trinajstić information content (AvgIpc) is 2.98. The normalized spacial score (nSPS) is 16.8. The molecule has 4 heterocycles. The Morgan fingerprint density at radius 1 is 1.04 bits per heavy atom. The number of nitrogens with one attached hydrogen (secondary N) is 3. The molecule has 1 spiro atoms. The maximum absolute atomic E-state index is 4.70. The van der Waals surface area contributed by atoms with Crippen LogP contribution in [0.4, 0.5) is 5.82 Å². The molecule has 0 radical (unpaired) electrons. The molecule has 0 atom stereocenters. The number of fused-ring (bicyclic) bond motifs is 3. The van der Waals surface area contributed by atoms with Gasteiger partial charge >= 0.3 is 0 Å². The van der Waals surface area contributed by atoms with Crippen molar-refractivity contribution in [1.82, 2.24) is 20.2 Å². The first-order chi connectivity index (χ1) is 12.7. The number of rotatable bonds is 2. The van der Waals surface area contributed by atoms with Gasteiger partial charge in [0, 0.05) is 63.7 Å². The number of H-pyrrole nitrogens is 2. The van der Waals surface area contributed by atoms with Gasteiger partial charge in [-0.1, -0.05) is 6.07 Å². The molecule has 3 N–H and O–H groups in total. The van der Waals surface area contributed by atoms with Crippen molar-refractivity contribution in [3.05, 3.63) is 54.1 Å². The Morgan fingerprint density at radius 3 is 2.77 bits per heavy atom. The van der Waals surface area contributed by atoms with Crippen molar-refractivity contribution in [3.63, 3.8) is 0 Å². The van der Waals surface area contributed by atoms with Crippen LogP contribution >= 0.6 is 0 Å². The summed E-state index contributed by atoms with van der Waals surface area (Å²) in [6, 6.07) is 8.88. The molecule has 0 saturated heterocycles. The Balaban J connectivity index is 1.52. The average molecular weight is 341 g/mol. The van der Waals surface area contributed by atoms with Crippen LogP contribution in [-0.2, 0) is 5.41 Å². The van der Waals surface area contributed by atoms with Crippen LogP contribution in [0.25, 0.3) is 33.2 Å². The maximum atomic E-state index is 4.70. The van der Waals surface area contributed by atoms with Gasteiger partial charge in [0.2, 0.25) is 0 Å². The van der Waals surface area contributed by atoms with Crippen LogP contribution in [0.3, 0.4) is 0 Å². The zero-order valence-electron chi connectivity index (χ0n) is 14.6. The van der Waals surface area contributed by atoms with E-state index >= 15 is 0 Å². The summed E-state index contributed by atoms with van der Waals surface area (Å²) in [6.45, 7) is 3.07. The number of hydrogen-bond acceptors (Lipinski definition) is 3. The second kappa shape index (κ2) is 4.75. The molecule has 1 aliphatic heterocycles. The van der Waals surface area contributed by atoms with Crippen LogP contribution in [0, 0.1) is 6.92 Å². The molecule has 128 valence electrons. The smallest absolute Gasteiger partial charge is 0.129 e. The quantitative estimate of drug-likeness (QED) is 0.506. The highest BCUT2D eigenvalue weighted by molar-refractivity contribution is 5.98. The van der Waals surface area contributed by atoms with Crippen molar-refractivity contribution in [1.29, 1.82) is 0 Å². The summed E-state index contributed by atoms with van der Waals surface area (Å²) in [5.41, 5.74) is 8.63. The monoisotopic (exact) mass is 341 g/mol. The maximum Gasteiger partial charge on any atom is 0.129 e. The molecule has 0 bridgehead atoms. The van der Waals surface area contributed by atoms with Gasteiger partial charge in [-0.3, -0.25) is 5.10 Å². The van der Waals surface area contributed by atoms with E-state index in [0.717, 1.165) is 29.1 Å². The zero-order chi connectivity index (χ0) is 17.3. The highest BCUT2D eigenvalue weighted by atomic mass is 15.1. The number of aryl methyl sites for hydroxylation is 1. The fraction of sp³-hybridized carbons (Fsp3) is 0.238. The molecule has 1 aliphatic carbocycles. The fourth-order valence-electron chi connectivity index (χ4n) is 4.28. The van der Waals surface area contributed by atoms with E-state index in [1.54, 1.807) is 0 Å². The van der Waals surface area contributed by atoms with Crippen LogP contribution in [0.5, 0.6) is 0 Å².